The number of alkyl halides is 2. The molecule has 2 atom stereocenters. The van der Waals surface area contributed by atoms with E-state index in [0.29, 0.717) is 52.4 Å². The second kappa shape index (κ2) is 8.34. The Balaban J connectivity index is 1.43. The van der Waals surface area contributed by atoms with Crippen molar-refractivity contribution < 1.29 is 17.2 Å². The summed E-state index contributed by atoms with van der Waals surface area (Å²) < 4.78 is 57.2. The van der Waals surface area contributed by atoms with Crippen LogP contribution in [0.1, 0.15) is 24.3 Å². The van der Waals surface area contributed by atoms with Crippen LogP contribution in [0.4, 0.5) is 14.6 Å². The van der Waals surface area contributed by atoms with Gasteiger partial charge in [-0.2, -0.15) is 9.98 Å². The molecule has 0 spiro atoms. The monoisotopic (exact) mass is 557 g/mol. The maximum absolute atomic E-state index is 13.4. The molecule has 1 saturated carbocycles. The van der Waals surface area contributed by atoms with Crippen LogP contribution in [0.25, 0.3) is 27.1 Å². The van der Waals surface area contributed by atoms with E-state index in [0.717, 1.165) is 37.5 Å². The Bertz CT molecular complexity index is 1730. The molecule has 38 heavy (non-hydrogen) atoms. The number of benzene rings is 1. The maximum Gasteiger partial charge on any atom is 0.291 e. The lowest BCUT2D eigenvalue weighted by Gasteiger charge is -2.19. The Hall–Kier alpha value is -3.32. The molecule has 3 aromatic heterocycles. The topological polar surface area (TPSA) is 142 Å². The minimum atomic E-state index is -4.03. The number of nitrogens with one attached hydrogen (secondary N) is 2. The predicted octanol–water partition coefficient (Wildman–Crippen LogP) is 2.35. The molecule has 4 aromatic rings. The fraction of sp³-hybridized carbons (Fsp3) is 0.435. The zero-order valence-electron chi connectivity index (χ0n) is 19.8. The molecule has 2 saturated heterocycles. The van der Waals surface area contributed by atoms with Gasteiger partial charge in [-0.05, 0) is 36.8 Å². The van der Waals surface area contributed by atoms with Crippen LogP contribution in [0.15, 0.2) is 29.4 Å². The first-order valence-corrected chi connectivity index (χ1v) is 14.4. The molecule has 1 aromatic carbocycles. The molecule has 0 radical (unpaired) electrons. The van der Waals surface area contributed by atoms with Crippen molar-refractivity contribution in [3.8, 4) is 11.2 Å². The third kappa shape index (κ3) is 3.66. The van der Waals surface area contributed by atoms with Gasteiger partial charge >= 0.3 is 0 Å². The van der Waals surface area contributed by atoms with Crippen LogP contribution in [0.3, 0.4) is 0 Å². The molecule has 196 valence electrons. The van der Waals surface area contributed by atoms with Gasteiger partial charge in [0.05, 0.1) is 21.9 Å². The number of aromatic nitrogens is 5. The Morgan fingerprint density at radius 2 is 1.95 bits per heavy atom. The third-order valence-electron chi connectivity index (χ3n) is 7.60. The molecular formula is C23H21F2N9O2S2. The number of sulfonamides is 1. The highest BCUT2D eigenvalue weighted by Crippen LogP contribution is 2.41. The fourth-order valence-corrected chi connectivity index (χ4v) is 7.62. The van der Waals surface area contributed by atoms with Crippen LogP contribution in [0.2, 0.25) is 0 Å². The van der Waals surface area contributed by atoms with Gasteiger partial charge in [0.2, 0.25) is 15.2 Å². The van der Waals surface area contributed by atoms with E-state index in [1.165, 1.54) is 18.5 Å². The number of rotatable bonds is 6. The summed E-state index contributed by atoms with van der Waals surface area (Å²) in [7, 11) is -4.03. The van der Waals surface area contributed by atoms with Gasteiger partial charge in [0.1, 0.15) is 17.7 Å². The lowest BCUT2D eigenvalue weighted by atomic mass is 10.0. The molecular weight excluding hydrogens is 536 g/mol. The zero-order valence-corrected chi connectivity index (χ0v) is 21.4. The van der Waals surface area contributed by atoms with Crippen molar-refractivity contribution in [2.75, 3.05) is 31.1 Å². The molecule has 1 aliphatic carbocycles. The maximum atomic E-state index is 13.4. The van der Waals surface area contributed by atoms with Crippen LogP contribution in [0.5, 0.6) is 0 Å². The molecule has 2 unspecified atom stereocenters. The minimum Gasteiger partial charge on any atom is -0.355 e. The van der Waals surface area contributed by atoms with Gasteiger partial charge < -0.3 is 10.2 Å². The van der Waals surface area contributed by atoms with Crippen molar-refractivity contribution in [3.63, 3.8) is 0 Å². The normalized spacial score (nSPS) is 22.4. The van der Waals surface area contributed by atoms with Crippen LogP contribution in [0, 0.1) is 23.2 Å². The summed E-state index contributed by atoms with van der Waals surface area (Å²) in [5.74, 6) is 1.72. The first-order valence-electron chi connectivity index (χ1n) is 12.1. The number of hydrogen-bond donors (Lipinski definition) is 2. The van der Waals surface area contributed by atoms with Crippen molar-refractivity contribution in [1.29, 1.82) is 5.26 Å². The standard InChI is InChI=1S/C23H21F2N9O2S2/c24-18(25)21-30-31-22(37-21)34-16-5-14(38(35,36)32-23(10-26)3-4-23)1-2-15(16)17-19(28-11-29-20(17)34)33-8-12-6-27-7-13(12)9-33/h1-2,5,11-13,18,27,32H,3-4,6-9H2. The molecule has 3 aliphatic rings. The average Bonchev–Trinajstić information content (AvgIpc) is 3.32. The quantitative estimate of drug-likeness (QED) is 0.365. The smallest absolute Gasteiger partial charge is 0.291 e. The fourth-order valence-electron chi connectivity index (χ4n) is 5.51. The Kier molecular flexibility index (Phi) is 5.22. The van der Waals surface area contributed by atoms with Crippen LogP contribution in [-0.2, 0) is 10.0 Å². The first kappa shape index (κ1) is 23.8. The summed E-state index contributed by atoms with van der Waals surface area (Å²) in [4.78, 5) is 11.3. The molecule has 0 amide bonds. The van der Waals surface area contributed by atoms with Crippen molar-refractivity contribution in [2.24, 2.45) is 11.8 Å². The Labute approximate surface area is 219 Å². The lowest BCUT2D eigenvalue weighted by Crippen LogP contribution is -2.35. The highest BCUT2D eigenvalue weighted by atomic mass is 32.2. The van der Waals surface area contributed by atoms with Crippen LogP contribution < -0.4 is 14.9 Å². The summed E-state index contributed by atoms with van der Waals surface area (Å²) in [6, 6.07) is 6.65. The molecule has 11 nitrogen and oxygen atoms in total. The van der Waals surface area contributed by atoms with Gasteiger partial charge in [-0.15, -0.1) is 10.2 Å². The largest absolute Gasteiger partial charge is 0.355 e. The van der Waals surface area contributed by atoms with E-state index in [1.807, 2.05) is 6.07 Å². The second-order valence-corrected chi connectivity index (χ2v) is 12.7. The van der Waals surface area contributed by atoms with Crippen molar-refractivity contribution in [3.05, 3.63) is 29.5 Å². The summed E-state index contributed by atoms with van der Waals surface area (Å²) in [5, 5.41) is 21.5. The molecule has 3 fully saturated rings. The van der Waals surface area contributed by atoms with E-state index >= 15 is 0 Å². The summed E-state index contributed by atoms with van der Waals surface area (Å²) in [6.45, 7) is 3.52. The van der Waals surface area contributed by atoms with Crippen molar-refractivity contribution in [1.82, 2.24) is 34.8 Å². The van der Waals surface area contributed by atoms with Crippen molar-refractivity contribution >= 4 is 49.1 Å². The molecule has 2 N–H and O–H groups in total. The van der Waals surface area contributed by atoms with Gasteiger partial charge in [0.15, 0.2) is 10.7 Å². The SMILES string of the molecule is N#CC1(NS(=O)(=O)c2ccc3c4c(N5CC6CNCC6C5)ncnc4n(-c4nnc(C(F)F)s4)c3c2)CC1. The Morgan fingerprint density at radius 3 is 2.61 bits per heavy atom. The van der Waals surface area contributed by atoms with E-state index < -0.39 is 27.0 Å². The minimum absolute atomic E-state index is 0.0505. The summed E-state index contributed by atoms with van der Waals surface area (Å²) >= 11 is 0.717. The number of nitriles is 1. The predicted molar refractivity (Wildman–Crippen MR) is 135 cm³/mol. The third-order valence-corrected chi connectivity index (χ3v) is 10.0. The van der Waals surface area contributed by atoms with Gasteiger partial charge in [-0.1, -0.05) is 17.4 Å². The van der Waals surface area contributed by atoms with Gasteiger partial charge in [-0.25, -0.2) is 27.2 Å². The highest BCUT2D eigenvalue weighted by molar-refractivity contribution is 7.89. The van der Waals surface area contributed by atoms with E-state index in [1.54, 1.807) is 10.6 Å². The molecule has 0 bridgehead atoms. The molecule has 2 aliphatic heterocycles. The number of halogens is 2. The number of anilines is 1. The number of fused-ring (bicyclic) bond motifs is 4. The van der Waals surface area contributed by atoms with Gasteiger partial charge in [0.25, 0.3) is 6.43 Å². The average molecular weight is 558 g/mol. The van der Waals surface area contributed by atoms with E-state index in [-0.39, 0.29) is 10.0 Å². The lowest BCUT2D eigenvalue weighted by molar-refractivity contribution is 0.150. The second-order valence-electron chi connectivity index (χ2n) is 10.0. The van der Waals surface area contributed by atoms with E-state index in [2.05, 4.69) is 35.1 Å². The highest BCUT2D eigenvalue weighted by Gasteiger charge is 2.47. The first-order chi connectivity index (χ1) is 18.3. The Morgan fingerprint density at radius 1 is 1.18 bits per heavy atom. The molecule has 7 rings (SSSR count). The van der Waals surface area contributed by atoms with E-state index in [9.17, 15) is 22.5 Å². The number of hydrogen-bond acceptors (Lipinski definition) is 10. The van der Waals surface area contributed by atoms with Gasteiger partial charge in [0, 0.05) is 31.6 Å². The summed E-state index contributed by atoms with van der Waals surface area (Å²) in [5.41, 5.74) is -0.243. The van der Waals surface area contributed by atoms with E-state index in [4.69, 9.17) is 0 Å². The number of nitrogens with zero attached hydrogens (tertiary/aromatic N) is 7. The molecule has 15 heteroatoms. The van der Waals surface area contributed by atoms with Crippen LogP contribution >= 0.6 is 11.3 Å². The zero-order chi connectivity index (χ0) is 26.2. The van der Waals surface area contributed by atoms with Crippen LogP contribution in [-0.4, -0.2) is 64.9 Å². The molecule has 5 heterocycles. The summed E-state index contributed by atoms with van der Waals surface area (Å²) in [6.07, 6.45) is -0.479. The van der Waals surface area contributed by atoms with Crippen molar-refractivity contribution in [2.45, 2.75) is 29.7 Å². The van der Waals surface area contributed by atoms with Gasteiger partial charge in [-0.3, -0.25) is 4.57 Å².